The summed E-state index contributed by atoms with van der Waals surface area (Å²) in [6, 6.07) is 0. The zero-order valence-corrected chi connectivity index (χ0v) is 8.96. The lowest BCUT2D eigenvalue weighted by molar-refractivity contribution is -0.134. The quantitative estimate of drug-likeness (QED) is 0.599. The van der Waals surface area contributed by atoms with Gasteiger partial charge in [-0.05, 0) is 31.1 Å². The fraction of sp³-hybridized carbons (Fsp3) is 1.00. The van der Waals surface area contributed by atoms with Crippen molar-refractivity contribution in [1.82, 2.24) is 0 Å². The molecule has 0 aliphatic heterocycles. The second kappa shape index (κ2) is 2.12. The van der Waals surface area contributed by atoms with Gasteiger partial charge in [-0.15, -0.1) is 0 Å². The molecule has 2 bridgehead atoms. The molecule has 2 nitrogen and oxygen atoms in total. The van der Waals surface area contributed by atoms with E-state index in [1.165, 1.54) is 0 Å². The molecule has 2 heteroatoms. The van der Waals surface area contributed by atoms with Gasteiger partial charge in [0.15, 0.2) is 0 Å². The van der Waals surface area contributed by atoms with Crippen LogP contribution in [0, 0.1) is 16.7 Å². The second-order valence-electron chi connectivity index (χ2n) is 5.79. The average molecular weight is 184 g/mol. The van der Waals surface area contributed by atoms with Crippen molar-refractivity contribution in [3.8, 4) is 0 Å². The Bertz CT molecular complexity index is 234. The Kier molecular flexibility index (Phi) is 1.54. The zero-order valence-electron chi connectivity index (χ0n) is 8.96. The van der Waals surface area contributed by atoms with Gasteiger partial charge in [-0.25, -0.2) is 0 Å². The van der Waals surface area contributed by atoms with Crippen LogP contribution in [0.25, 0.3) is 0 Å². The van der Waals surface area contributed by atoms with E-state index in [0.29, 0.717) is 0 Å². The van der Waals surface area contributed by atoms with Gasteiger partial charge in [0.05, 0.1) is 11.7 Å². The Morgan fingerprint density at radius 1 is 1.15 bits per heavy atom. The molecule has 4 atom stereocenters. The van der Waals surface area contributed by atoms with Crippen molar-refractivity contribution in [2.75, 3.05) is 0 Å². The molecule has 0 aromatic heterocycles. The molecular weight excluding hydrogens is 164 g/mol. The van der Waals surface area contributed by atoms with Gasteiger partial charge in [-0.3, -0.25) is 0 Å². The Morgan fingerprint density at radius 2 is 1.69 bits per heavy atom. The standard InChI is InChI=1S/C11H20O2/c1-9(2)7-5-6-10(9,3)11(4,13)8(7)12/h7-8,12-13H,5-6H2,1-4H3/t7-,8-,10+,11+/m1/s1. The topological polar surface area (TPSA) is 40.5 Å². The fourth-order valence-electron chi connectivity index (χ4n) is 3.71. The third-order valence-corrected chi connectivity index (χ3v) is 5.38. The van der Waals surface area contributed by atoms with Crippen LogP contribution < -0.4 is 0 Å². The highest BCUT2D eigenvalue weighted by molar-refractivity contribution is 5.20. The average Bonchev–Trinajstić information content (AvgIpc) is 2.26. The molecule has 76 valence electrons. The maximum atomic E-state index is 10.3. The van der Waals surface area contributed by atoms with E-state index >= 15 is 0 Å². The molecule has 2 aliphatic rings. The van der Waals surface area contributed by atoms with Crippen molar-refractivity contribution in [3.63, 3.8) is 0 Å². The maximum Gasteiger partial charge on any atom is 0.0938 e. The van der Waals surface area contributed by atoms with Crippen LogP contribution >= 0.6 is 0 Å². The van der Waals surface area contributed by atoms with Crippen molar-refractivity contribution in [3.05, 3.63) is 0 Å². The number of hydrogen-bond acceptors (Lipinski definition) is 2. The largest absolute Gasteiger partial charge is 0.390 e. The van der Waals surface area contributed by atoms with Crippen LogP contribution in [0.2, 0.25) is 0 Å². The summed E-state index contributed by atoms with van der Waals surface area (Å²) in [6.45, 7) is 8.26. The second-order valence-corrected chi connectivity index (χ2v) is 5.79. The normalized spacial score (nSPS) is 58.6. The van der Waals surface area contributed by atoms with Crippen LogP contribution in [-0.2, 0) is 0 Å². The molecule has 0 spiro atoms. The maximum absolute atomic E-state index is 10.3. The molecule has 2 aliphatic carbocycles. The highest BCUT2D eigenvalue weighted by Crippen LogP contribution is 2.69. The number of aliphatic hydroxyl groups is 2. The minimum Gasteiger partial charge on any atom is -0.390 e. The van der Waals surface area contributed by atoms with Gasteiger partial charge in [0.2, 0.25) is 0 Å². The summed E-state index contributed by atoms with van der Waals surface area (Å²) in [4.78, 5) is 0. The fourth-order valence-corrected chi connectivity index (χ4v) is 3.71. The monoisotopic (exact) mass is 184 g/mol. The number of rotatable bonds is 0. The molecule has 13 heavy (non-hydrogen) atoms. The van der Waals surface area contributed by atoms with Gasteiger partial charge in [0.1, 0.15) is 0 Å². The first-order chi connectivity index (χ1) is 5.75. The predicted octanol–water partition coefficient (Wildman–Crippen LogP) is 1.55. The summed E-state index contributed by atoms with van der Waals surface area (Å²) in [5, 5.41) is 20.3. The SMILES string of the molecule is CC1(C)[C@@H]2CC[C@]1(C)[C@@](C)(O)[C@@H]2O. The summed E-state index contributed by atoms with van der Waals surface area (Å²) in [7, 11) is 0. The number of fused-ring (bicyclic) bond motifs is 2. The number of aliphatic hydroxyl groups excluding tert-OH is 1. The molecule has 0 aromatic rings. The molecule has 0 radical (unpaired) electrons. The third kappa shape index (κ3) is 0.736. The lowest BCUT2D eigenvalue weighted by atomic mass is 9.65. The van der Waals surface area contributed by atoms with E-state index < -0.39 is 11.7 Å². The summed E-state index contributed by atoms with van der Waals surface area (Å²) < 4.78 is 0. The van der Waals surface area contributed by atoms with E-state index in [2.05, 4.69) is 20.8 Å². The van der Waals surface area contributed by atoms with E-state index in [4.69, 9.17) is 0 Å². The van der Waals surface area contributed by atoms with E-state index in [1.807, 2.05) is 0 Å². The van der Waals surface area contributed by atoms with Gasteiger partial charge in [0, 0.05) is 5.41 Å². The molecule has 0 heterocycles. The van der Waals surface area contributed by atoms with Crippen molar-refractivity contribution in [2.45, 2.75) is 52.2 Å². The molecule has 0 amide bonds. The van der Waals surface area contributed by atoms with Crippen molar-refractivity contribution >= 4 is 0 Å². The Labute approximate surface area is 80.0 Å². The van der Waals surface area contributed by atoms with Gasteiger partial charge >= 0.3 is 0 Å². The lowest BCUT2D eigenvalue weighted by Gasteiger charge is -2.44. The van der Waals surface area contributed by atoms with Gasteiger partial charge in [-0.2, -0.15) is 0 Å². The first-order valence-corrected chi connectivity index (χ1v) is 5.15. The molecular formula is C11H20O2. The van der Waals surface area contributed by atoms with Crippen LogP contribution in [0.5, 0.6) is 0 Å². The highest BCUT2D eigenvalue weighted by Gasteiger charge is 2.71. The summed E-state index contributed by atoms with van der Waals surface area (Å²) in [6.07, 6.45) is 1.55. The van der Waals surface area contributed by atoms with E-state index in [1.54, 1.807) is 6.92 Å². The van der Waals surface area contributed by atoms with Gasteiger partial charge < -0.3 is 10.2 Å². The van der Waals surface area contributed by atoms with E-state index in [0.717, 1.165) is 12.8 Å². The third-order valence-electron chi connectivity index (χ3n) is 5.38. The molecule has 0 aromatic carbocycles. The number of hydrogen-bond donors (Lipinski definition) is 2. The van der Waals surface area contributed by atoms with Crippen LogP contribution in [-0.4, -0.2) is 21.9 Å². The first-order valence-electron chi connectivity index (χ1n) is 5.15. The van der Waals surface area contributed by atoms with Crippen LogP contribution in [0.3, 0.4) is 0 Å². The van der Waals surface area contributed by atoms with Crippen LogP contribution in [0.1, 0.15) is 40.5 Å². The highest BCUT2D eigenvalue weighted by atomic mass is 16.3. The van der Waals surface area contributed by atoms with E-state index in [9.17, 15) is 10.2 Å². The molecule has 0 saturated heterocycles. The summed E-state index contributed by atoms with van der Waals surface area (Å²) >= 11 is 0. The van der Waals surface area contributed by atoms with E-state index in [-0.39, 0.29) is 16.7 Å². The minimum absolute atomic E-state index is 0.0654. The molecule has 2 saturated carbocycles. The van der Waals surface area contributed by atoms with Crippen molar-refractivity contribution < 1.29 is 10.2 Å². The predicted molar refractivity (Wildman–Crippen MR) is 51.2 cm³/mol. The first kappa shape index (κ1) is 9.47. The minimum atomic E-state index is -0.903. The van der Waals surface area contributed by atoms with Crippen molar-refractivity contribution in [2.24, 2.45) is 16.7 Å². The Hall–Kier alpha value is -0.0800. The van der Waals surface area contributed by atoms with Crippen LogP contribution in [0.15, 0.2) is 0 Å². The Morgan fingerprint density at radius 3 is 1.92 bits per heavy atom. The smallest absolute Gasteiger partial charge is 0.0938 e. The zero-order chi connectivity index (χ0) is 10.1. The van der Waals surface area contributed by atoms with Crippen molar-refractivity contribution in [1.29, 1.82) is 0 Å². The lowest BCUT2D eigenvalue weighted by Crippen LogP contribution is -2.51. The molecule has 2 rings (SSSR count). The Balaban J connectivity index is 2.53. The van der Waals surface area contributed by atoms with Crippen LogP contribution in [0.4, 0.5) is 0 Å². The van der Waals surface area contributed by atoms with Gasteiger partial charge in [-0.1, -0.05) is 20.8 Å². The molecule has 2 fully saturated rings. The molecule has 0 unspecified atom stereocenters. The summed E-state index contributed by atoms with van der Waals surface area (Å²) in [5.41, 5.74) is -0.959. The molecule has 2 N–H and O–H groups in total. The summed E-state index contributed by atoms with van der Waals surface area (Å²) in [5.74, 6) is 0.271. The van der Waals surface area contributed by atoms with Gasteiger partial charge in [0.25, 0.3) is 0 Å².